The van der Waals surface area contributed by atoms with Crippen molar-refractivity contribution in [3.63, 3.8) is 0 Å². The van der Waals surface area contributed by atoms with Crippen LogP contribution < -0.4 is 0 Å². The summed E-state index contributed by atoms with van der Waals surface area (Å²) in [7, 11) is -1.90. The van der Waals surface area contributed by atoms with E-state index in [4.69, 9.17) is 18.6 Å². The van der Waals surface area contributed by atoms with E-state index in [1.807, 2.05) is 13.8 Å². The summed E-state index contributed by atoms with van der Waals surface area (Å²) in [5, 5.41) is 0.145. The van der Waals surface area contributed by atoms with Crippen LogP contribution in [0.15, 0.2) is 12.7 Å². The van der Waals surface area contributed by atoms with Gasteiger partial charge in [0.05, 0.1) is 0 Å². The average molecular weight is 300 g/mol. The maximum absolute atomic E-state index is 6.51. The van der Waals surface area contributed by atoms with Crippen molar-refractivity contribution in [2.75, 3.05) is 0 Å². The molecule has 5 heteroatoms. The molecule has 0 radical (unpaired) electrons. The number of hydrogen-bond acceptors (Lipinski definition) is 4. The number of fused-ring (bicyclic) bond motifs is 1. The fraction of sp³-hybridized carbons (Fsp3) is 0.867. The molecule has 2 heterocycles. The zero-order chi connectivity index (χ0) is 15.3. The second-order valence-corrected chi connectivity index (χ2v) is 12.4. The van der Waals surface area contributed by atoms with Crippen LogP contribution in [0, 0.1) is 0 Å². The quantitative estimate of drug-likeness (QED) is 0.591. The summed E-state index contributed by atoms with van der Waals surface area (Å²) in [4.78, 5) is 0. The maximum atomic E-state index is 6.51. The fourth-order valence-electron chi connectivity index (χ4n) is 2.35. The molecule has 0 unspecified atom stereocenters. The number of rotatable bonds is 3. The molecule has 0 saturated carbocycles. The Labute approximate surface area is 123 Å². The monoisotopic (exact) mass is 300 g/mol. The Morgan fingerprint density at radius 3 is 2.30 bits per heavy atom. The second kappa shape index (κ2) is 4.92. The first kappa shape index (κ1) is 16.2. The molecule has 4 atom stereocenters. The number of ether oxygens (including phenoxy) is 3. The minimum Gasteiger partial charge on any atom is -0.408 e. The lowest BCUT2D eigenvalue weighted by molar-refractivity contribution is -0.208. The molecule has 20 heavy (non-hydrogen) atoms. The van der Waals surface area contributed by atoms with Crippen LogP contribution in [0.1, 0.15) is 34.6 Å². The highest BCUT2D eigenvalue weighted by molar-refractivity contribution is 6.74. The van der Waals surface area contributed by atoms with Crippen molar-refractivity contribution < 1.29 is 18.6 Å². The smallest absolute Gasteiger partial charge is 0.192 e. The largest absolute Gasteiger partial charge is 0.408 e. The first-order valence-electron chi connectivity index (χ1n) is 7.28. The molecule has 0 N–H and O–H groups in total. The molecule has 2 aliphatic rings. The lowest BCUT2D eigenvalue weighted by Gasteiger charge is -2.40. The molecule has 0 amide bonds. The Morgan fingerprint density at radius 1 is 1.20 bits per heavy atom. The molecule has 0 aromatic carbocycles. The minimum atomic E-state index is -1.90. The van der Waals surface area contributed by atoms with Gasteiger partial charge in [0.2, 0.25) is 0 Å². The molecule has 0 aromatic rings. The summed E-state index contributed by atoms with van der Waals surface area (Å²) in [6.07, 6.45) is 0.941. The predicted octanol–water partition coefficient (Wildman–Crippen LogP) is 3.44. The SMILES string of the molecule is C=C[C@H]1O[C@@H]2OC(C)(C)O[C@@H]2[C@H]1O[Si](C)(C)C(C)(C)C. The molecular formula is C15H28O4Si. The van der Waals surface area contributed by atoms with E-state index >= 15 is 0 Å². The van der Waals surface area contributed by atoms with Crippen molar-refractivity contribution in [2.24, 2.45) is 0 Å². The summed E-state index contributed by atoms with van der Waals surface area (Å²) in [5.74, 6) is -0.615. The highest BCUT2D eigenvalue weighted by Crippen LogP contribution is 2.43. The molecule has 2 saturated heterocycles. The van der Waals surface area contributed by atoms with Gasteiger partial charge in [0.15, 0.2) is 20.4 Å². The average Bonchev–Trinajstić information content (AvgIpc) is 2.70. The standard InChI is InChI=1S/C15H28O4Si/c1-9-10-11(19-20(7,8)14(2,3)4)12-13(16-10)18-15(5,6)17-12/h9-13H,1H2,2-8H3/t10-,11+,12-,13-/m1/s1. The van der Waals surface area contributed by atoms with Gasteiger partial charge in [-0.2, -0.15) is 0 Å². The molecule has 0 spiro atoms. The summed E-state index contributed by atoms with van der Waals surface area (Å²) >= 11 is 0. The van der Waals surface area contributed by atoms with Crippen LogP contribution in [0.5, 0.6) is 0 Å². The molecule has 116 valence electrons. The van der Waals surface area contributed by atoms with E-state index in [9.17, 15) is 0 Å². The van der Waals surface area contributed by atoms with Crippen LogP contribution in [-0.4, -0.2) is 38.7 Å². The van der Waals surface area contributed by atoms with E-state index in [1.165, 1.54) is 0 Å². The summed E-state index contributed by atoms with van der Waals surface area (Å²) in [6.45, 7) is 18.8. The van der Waals surface area contributed by atoms with Gasteiger partial charge in [-0.25, -0.2) is 0 Å². The Balaban J connectivity index is 2.18. The van der Waals surface area contributed by atoms with Crippen molar-refractivity contribution in [3.05, 3.63) is 12.7 Å². The van der Waals surface area contributed by atoms with Crippen LogP contribution >= 0.6 is 0 Å². The Kier molecular flexibility index (Phi) is 3.98. The molecule has 2 rings (SSSR count). The van der Waals surface area contributed by atoms with E-state index in [-0.39, 0.29) is 29.6 Å². The highest BCUT2D eigenvalue weighted by atomic mass is 28.4. The third kappa shape index (κ3) is 2.87. The molecule has 4 nitrogen and oxygen atoms in total. The Hall–Kier alpha value is -0.203. The first-order chi connectivity index (χ1) is 8.97. The van der Waals surface area contributed by atoms with E-state index in [0.717, 1.165) is 0 Å². The van der Waals surface area contributed by atoms with Gasteiger partial charge in [0, 0.05) is 0 Å². The van der Waals surface area contributed by atoms with Crippen molar-refractivity contribution >= 4 is 8.32 Å². The van der Waals surface area contributed by atoms with Crippen molar-refractivity contribution in [1.82, 2.24) is 0 Å². The first-order valence-corrected chi connectivity index (χ1v) is 10.2. The molecule has 2 fully saturated rings. The maximum Gasteiger partial charge on any atom is 0.192 e. The summed E-state index contributed by atoms with van der Waals surface area (Å²) < 4.78 is 24.1. The van der Waals surface area contributed by atoms with Crippen molar-refractivity contribution in [1.29, 1.82) is 0 Å². The van der Waals surface area contributed by atoms with Crippen LogP contribution in [-0.2, 0) is 18.6 Å². The van der Waals surface area contributed by atoms with E-state index < -0.39 is 14.1 Å². The van der Waals surface area contributed by atoms with E-state index in [0.29, 0.717) is 0 Å². The van der Waals surface area contributed by atoms with Gasteiger partial charge in [0.1, 0.15) is 18.3 Å². The van der Waals surface area contributed by atoms with Crippen molar-refractivity contribution in [3.8, 4) is 0 Å². The number of hydrogen-bond donors (Lipinski definition) is 0. The Bertz CT molecular complexity index is 386. The molecule has 0 aromatic heterocycles. The van der Waals surface area contributed by atoms with Gasteiger partial charge < -0.3 is 18.6 Å². The van der Waals surface area contributed by atoms with E-state index in [2.05, 4.69) is 40.4 Å². The van der Waals surface area contributed by atoms with Gasteiger partial charge in [-0.05, 0) is 32.0 Å². The summed E-state index contributed by atoms with van der Waals surface area (Å²) in [6, 6.07) is 0. The van der Waals surface area contributed by atoms with Gasteiger partial charge in [-0.3, -0.25) is 0 Å². The van der Waals surface area contributed by atoms with Gasteiger partial charge >= 0.3 is 0 Å². The fourth-order valence-corrected chi connectivity index (χ4v) is 3.65. The normalized spacial score (nSPS) is 37.0. The van der Waals surface area contributed by atoms with Crippen LogP contribution in [0.2, 0.25) is 18.1 Å². The minimum absolute atomic E-state index is 0.139. The third-order valence-corrected chi connectivity index (χ3v) is 8.97. The Morgan fingerprint density at radius 2 is 1.80 bits per heavy atom. The molecule has 0 bridgehead atoms. The predicted molar refractivity (Wildman–Crippen MR) is 81.0 cm³/mol. The zero-order valence-electron chi connectivity index (χ0n) is 13.7. The van der Waals surface area contributed by atoms with Gasteiger partial charge in [-0.15, -0.1) is 6.58 Å². The van der Waals surface area contributed by atoms with Crippen molar-refractivity contribution in [2.45, 2.75) is 83.1 Å². The topological polar surface area (TPSA) is 36.9 Å². The van der Waals surface area contributed by atoms with Gasteiger partial charge in [0.25, 0.3) is 0 Å². The van der Waals surface area contributed by atoms with E-state index in [1.54, 1.807) is 6.08 Å². The van der Waals surface area contributed by atoms with Crippen LogP contribution in [0.25, 0.3) is 0 Å². The molecular weight excluding hydrogens is 272 g/mol. The van der Waals surface area contributed by atoms with Crippen LogP contribution in [0.3, 0.4) is 0 Å². The van der Waals surface area contributed by atoms with Gasteiger partial charge in [-0.1, -0.05) is 26.8 Å². The lowest BCUT2D eigenvalue weighted by atomic mass is 10.1. The zero-order valence-corrected chi connectivity index (χ0v) is 14.7. The molecule has 2 aliphatic heterocycles. The molecule has 0 aliphatic carbocycles. The highest BCUT2D eigenvalue weighted by Gasteiger charge is 2.56. The second-order valence-electron chi connectivity index (χ2n) is 7.65. The third-order valence-electron chi connectivity index (χ3n) is 4.50. The van der Waals surface area contributed by atoms with Crippen LogP contribution in [0.4, 0.5) is 0 Å². The lowest BCUT2D eigenvalue weighted by Crippen LogP contribution is -2.49. The summed E-state index contributed by atoms with van der Waals surface area (Å²) in [5.41, 5.74) is 0.